The van der Waals surface area contributed by atoms with Crippen LogP contribution in [0.15, 0.2) is 24.4 Å². The number of hydrogen-bond acceptors (Lipinski definition) is 4. The topological polar surface area (TPSA) is 82.1 Å². The highest BCUT2D eigenvalue weighted by Crippen LogP contribution is 2.37. The summed E-state index contributed by atoms with van der Waals surface area (Å²) in [5.74, 6) is -0.109. The van der Waals surface area contributed by atoms with E-state index in [-0.39, 0.29) is 23.5 Å². The number of fused-ring (bicyclic) bond motifs is 2. The molecule has 158 valence electrons. The Bertz CT molecular complexity index is 1130. The quantitative estimate of drug-likeness (QED) is 0.625. The zero-order chi connectivity index (χ0) is 21.6. The Morgan fingerprint density at radius 2 is 2.20 bits per heavy atom. The summed E-state index contributed by atoms with van der Waals surface area (Å²) in [4.78, 5) is 19.1. The van der Waals surface area contributed by atoms with Crippen molar-refractivity contribution in [3.8, 4) is 0 Å². The van der Waals surface area contributed by atoms with Crippen molar-refractivity contribution in [1.82, 2.24) is 20.1 Å². The van der Waals surface area contributed by atoms with E-state index in [9.17, 15) is 14.3 Å². The fourth-order valence-corrected chi connectivity index (χ4v) is 4.66. The van der Waals surface area contributed by atoms with Gasteiger partial charge in [-0.2, -0.15) is 5.10 Å². The Balaban J connectivity index is 1.65. The van der Waals surface area contributed by atoms with E-state index < -0.39 is 12.3 Å². The SMILES string of the molecule is C[C@H]1c2cccc([C@@](C)(O)CF)c2CCN1C(=O)Cc1c(Cl)cnc2[nH]nc(Cl)c12. The zero-order valence-electron chi connectivity index (χ0n) is 16.5. The Kier molecular flexibility index (Phi) is 5.46. The van der Waals surface area contributed by atoms with Crippen LogP contribution in [-0.4, -0.2) is 44.3 Å². The normalized spacial score (nSPS) is 18.3. The molecule has 30 heavy (non-hydrogen) atoms. The van der Waals surface area contributed by atoms with Gasteiger partial charge >= 0.3 is 0 Å². The van der Waals surface area contributed by atoms with Crippen molar-refractivity contribution in [1.29, 1.82) is 0 Å². The molecule has 0 radical (unpaired) electrons. The third kappa shape index (κ3) is 3.45. The van der Waals surface area contributed by atoms with Gasteiger partial charge in [0.15, 0.2) is 10.8 Å². The maximum atomic E-state index is 13.4. The summed E-state index contributed by atoms with van der Waals surface area (Å²) in [7, 11) is 0. The van der Waals surface area contributed by atoms with Crippen molar-refractivity contribution >= 4 is 40.1 Å². The van der Waals surface area contributed by atoms with Crippen LogP contribution in [0.3, 0.4) is 0 Å². The lowest BCUT2D eigenvalue weighted by molar-refractivity contribution is -0.133. The number of H-pyrrole nitrogens is 1. The second-order valence-corrected chi connectivity index (χ2v) is 8.56. The van der Waals surface area contributed by atoms with Crippen LogP contribution in [0.1, 0.15) is 42.1 Å². The van der Waals surface area contributed by atoms with Gasteiger partial charge in [0.25, 0.3) is 0 Å². The molecule has 0 aliphatic carbocycles. The van der Waals surface area contributed by atoms with Crippen LogP contribution in [0.2, 0.25) is 10.2 Å². The van der Waals surface area contributed by atoms with Crippen LogP contribution in [0.4, 0.5) is 4.39 Å². The van der Waals surface area contributed by atoms with Crippen LogP contribution in [0.25, 0.3) is 11.0 Å². The van der Waals surface area contributed by atoms with Gasteiger partial charge < -0.3 is 10.0 Å². The van der Waals surface area contributed by atoms with Crippen LogP contribution in [0, 0.1) is 0 Å². The number of alkyl halides is 1. The van der Waals surface area contributed by atoms with Gasteiger partial charge in [0.05, 0.1) is 22.9 Å². The second kappa shape index (κ2) is 7.80. The van der Waals surface area contributed by atoms with E-state index in [1.54, 1.807) is 17.0 Å². The Morgan fingerprint density at radius 3 is 2.93 bits per heavy atom. The van der Waals surface area contributed by atoms with Crippen molar-refractivity contribution in [2.24, 2.45) is 0 Å². The molecule has 9 heteroatoms. The summed E-state index contributed by atoms with van der Waals surface area (Å²) in [6.07, 6.45) is 2.06. The molecule has 1 aliphatic rings. The van der Waals surface area contributed by atoms with Gasteiger partial charge in [0, 0.05) is 12.7 Å². The number of aliphatic hydroxyl groups is 1. The molecule has 0 spiro atoms. The van der Waals surface area contributed by atoms with Crippen molar-refractivity contribution < 1.29 is 14.3 Å². The molecule has 2 N–H and O–H groups in total. The Hall–Kier alpha value is -2.22. The fourth-order valence-electron chi connectivity index (χ4n) is 4.20. The van der Waals surface area contributed by atoms with E-state index in [0.717, 1.165) is 11.1 Å². The third-order valence-corrected chi connectivity index (χ3v) is 6.42. The predicted molar refractivity (Wildman–Crippen MR) is 113 cm³/mol. The lowest BCUT2D eigenvalue weighted by Crippen LogP contribution is -2.41. The van der Waals surface area contributed by atoms with Crippen LogP contribution >= 0.6 is 23.2 Å². The number of halogens is 3. The molecule has 1 aromatic carbocycles. The number of aromatic amines is 1. The summed E-state index contributed by atoms with van der Waals surface area (Å²) >= 11 is 12.5. The van der Waals surface area contributed by atoms with Gasteiger partial charge in [-0.05, 0) is 42.5 Å². The lowest BCUT2D eigenvalue weighted by atomic mass is 9.83. The molecule has 0 unspecified atom stereocenters. The number of pyridine rings is 1. The molecule has 1 amide bonds. The zero-order valence-corrected chi connectivity index (χ0v) is 18.1. The van der Waals surface area contributed by atoms with E-state index in [1.165, 1.54) is 13.1 Å². The highest BCUT2D eigenvalue weighted by atomic mass is 35.5. The van der Waals surface area contributed by atoms with Gasteiger partial charge in [-0.25, -0.2) is 9.37 Å². The van der Waals surface area contributed by atoms with Crippen LogP contribution in [0.5, 0.6) is 0 Å². The lowest BCUT2D eigenvalue weighted by Gasteiger charge is -2.38. The Morgan fingerprint density at radius 1 is 1.43 bits per heavy atom. The summed E-state index contributed by atoms with van der Waals surface area (Å²) in [6, 6.07) is 5.23. The van der Waals surface area contributed by atoms with Gasteiger partial charge in [-0.1, -0.05) is 41.4 Å². The summed E-state index contributed by atoms with van der Waals surface area (Å²) in [5, 5.41) is 18.2. The standard InChI is InChI=1S/C21H21Cl2FN4O2/c1-11-12-4-3-5-15(21(2,30)10-24)13(12)6-7-28(11)17(29)8-14-16(22)9-25-20-18(14)19(23)26-27-20/h3-5,9,11,30H,6-8,10H2,1-2H3,(H,25,26,27)/t11-,21-/m0/s1. The van der Waals surface area contributed by atoms with Crippen molar-refractivity contribution in [3.05, 3.63) is 56.8 Å². The number of carbonyl (C=O) groups is 1. The minimum absolute atomic E-state index is 0.0542. The number of carbonyl (C=O) groups excluding carboxylic acids is 1. The van der Waals surface area contributed by atoms with E-state index in [1.807, 2.05) is 13.0 Å². The second-order valence-electron chi connectivity index (χ2n) is 7.79. The molecular formula is C21H21Cl2FN4O2. The number of nitrogens with one attached hydrogen (secondary N) is 1. The number of benzene rings is 1. The minimum atomic E-state index is -1.55. The van der Waals surface area contributed by atoms with E-state index in [4.69, 9.17) is 23.2 Å². The first-order valence-corrected chi connectivity index (χ1v) is 10.4. The minimum Gasteiger partial charge on any atom is -0.383 e. The fraction of sp³-hybridized carbons (Fsp3) is 0.381. The first-order valence-electron chi connectivity index (χ1n) is 9.61. The number of hydrogen-bond donors (Lipinski definition) is 2. The monoisotopic (exact) mass is 450 g/mol. The number of rotatable bonds is 4. The van der Waals surface area contributed by atoms with Crippen LogP contribution < -0.4 is 0 Å². The molecule has 3 heterocycles. The van der Waals surface area contributed by atoms with Crippen molar-refractivity contribution in [2.45, 2.75) is 38.3 Å². The molecular weight excluding hydrogens is 430 g/mol. The molecule has 2 aromatic heterocycles. The molecule has 4 rings (SSSR count). The number of nitrogens with zero attached hydrogens (tertiary/aromatic N) is 3. The molecule has 0 saturated carbocycles. The average Bonchev–Trinajstić information content (AvgIpc) is 3.11. The number of aromatic nitrogens is 3. The summed E-state index contributed by atoms with van der Waals surface area (Å²) in [5.41, 5.74) is 1.89. The maximum Gasteiger partial charge on any atom is 0.227 e. The highest BCUT2D eigenvalue weighted by Gasteiger charge is 2.34. The van der Waals surface area contributed by atoms with Crippen LogP contribution in [-0.2, 0) is 23.2 Å². The van der Waals surface area contributed by atoms with Gasteiger partial charge in [-0.3, -0.25) is 9.89 Å². The van der Waals surface area contributed by atoms with Crippen molar-refractivity contribution in [3.63, 3.8) is 0 Å². The van der Waals surface area contributed by atoms with Crippen molar-refractivity contribution in [2.75, 3.05) is 13.2 Å². The van der Waals surface area contributed by atoms with Gasteiger partial charge in [0.2, 0.25) is 5.91 Å². The van der Waals surface area contributed by atoms with Gasteiger partial charge in [-0.15, -0.1) is 0 Å². The smallest absolute Gasteiger partial charge is 0.227 e. The molecule has 0 fully saturated rings. The third-order valence-electron chi connectivity index (χ3n) is 5.82. The molecule has 6 nitrogen and oxygen atoms in total. The molecule has 1 aliphatic heterocycles. The van der Waals surface area contributed by atoms with E-state index in [0.29, 0.717) is 40.1 Å². The first-order chi connectivity index (χ1) is 14.2. The molecule has 0 saturated heterocycles. The van der Waals surface area contributed by atoms with E-state index in [2.05, 4.69) is 15.2 Å². The summed E-state index contributed by atoms with van der Waals surface area (Å²) in [6.45, 7) is 2.98. The summed E-state index contributed by atoms with van der Waals surface area (Å²) < 4.78 is 13.4. The highest BCUT2D eigenvalue weighted by molar-refractivity contribution is 6.36. The molecule has 3 aromatic rings. The average molecular weight is 451 g/mol. The van der Waals surface area contributed by atoms with E-state index >= 15 is 0 Å². The molecule has 0 bridgehead atoms. The number of amides is 1. The Labute approximate surface area is 183 Å². The molecule has 2 atom stereocenters. The first kappa shape index (κ1) is 21.0. The maximum absolute atomic E-state index is 13.4. The largest absolute Gasteiger partial charge is 0.383 e. The predicted octanol–water partition coefficient (Wildman–Crippen LogP) is 4.13. The van der Waals surface area contributed by atoms with Gasteiger partial charge in [0.1, 0.15) is 12.3 Å².